The quantitative estimate of drug-likeness (QED) is 0.363. The Kier molecular flexibility index (Phi) is 2.40. The second-order valence-corrected chi connectivity index (χ2v) is 2.79. The average molecular weight is 145 g/mol. The Morgan fingerprint density at radius 2 is 1.60 bits per heavy atom. The van der Waals surface area contributed by atoms with Gasteiger partial charge >= 0.3 is 11.9 Å². The summed E-state index contributed by atoms with van der Waals surface area (Å²) in [7, 11) is 0. The second kappa shape index (κ2) is 2.68. The van der Waals surface area contributed by atoms with Crippen LogP contribution < -0.4 is 0 Å². The highest BCUT2D eigenvalue weighted by atomic mass is 16.6. The number of ether oxygens (including phenoxy) is 1. The van der Waals surface area contributed by atoms with Crippen LogP contribution in [0.15, 0.2) is 0 Å². The van der Waals surface area contributed by atoms with Crippen LogP contribution >= 0.6 is 0 Å². The zero-order chi connectivity index (χ0) is 8.36. The topological polar surface area (TPSA) is 63.3 Å². The normalized spacial score (nSPS) is 10.7. The zero-order valence-corrected chi connectivity index (χ0v) is 6.13. The molecule has 10 heavy (non-hydrogen) atoms. The molecular weight excluding hydrogens is 136 g/mol. The summed E-state index contributed by atoms with van der Waals surface area (Å²) in [4.78, 5) is 20.1. The van der Waals surface area contributed by atoms with Crippen molar-refractivity contribution < 1.29 is 19.4 Å². The van der Waals surface area contributed by atoms with E-state index in [4.69, 9.17) is 0 Å². The molecule has 0 aromatic heterocycles. The standard InChI is InChI=1S/C6H9O4/c1-6(2,3)10-5(9)4(7)8/h1-3H3. The summed E-state index contributed by atoms with van der Waals surface area (Å²) in [6, 6.07) is 0. The first kappa shape index (κ1) is 8.94. The third-order valence-electron chi connectivity index (χ3n) is 0.566. The largest absolute Gasteiger partial charge is 0.462 e. The third kappa shape index (κ3) is 3.88. The molecule has 0 saturated carbocycles. The van der Waals surface area contributed by atoms with E-state index in [1.807, 2.05) is 0 Å². The molecule has 0 bridgehead atoms. The smallest absolute Gasteiger partial charge is 0.451 e. The fraction of sp³-hybridized carbons (Fsp3) is 0.667. The summed E-state index contributed by atoms with van der Waals surface area (Å²) in [5, 5.41) is 9.79. The van der Waals surface area contributed by atoms with Crippen LogP contribution in [0.25, 0.3) is 0 Å². The maximum Gasteiger partial charge on any atom is 0.462 e. The Hall–Kier alpha value is -1.06. The van der Waals surface area contributed by atoms with Gasteiger partial charge in [-0.25, -0.2) is 14.7 Å². The molecule has 0 aliphatic rings. The molecule has 1 radical (unpaired) electrons. The SMILES string of the molecule is CC(C)(C)OC(=O)C([O])=O. The molecule has 0 amide bonds. The molecule has 4 nitrogen and oxygen atoms in total. The van der Waals surface area contributed by atoms with Gasteiger partial charge in [0.2, 0.25) is 0 Å². The van der Waals surface area contributed by atoms with Gasteiger partial charge in [-0.05, 0) is 20.8 Å². The van der Waals surface area contributed by atoms with Gasteiger partial charge in [-0.3, -0.25) is 0 Å². The van der Waals surface area contributed by atoms with E-state index in [0.717, 1.165) is 0 Å². The fourth-order valence-electron chi connectivity index (χ4n) is 0.320. The van der Waals surface area contributed by atoms with Crippen molar-refractivity contribution in [1.29, 1.82) is 0 Å². The summed E-state index contributed by atoms with van der Waals surface area (Å²) in [5.41, 5.74) is -0.767. The van der Waals surface area contributed by atoms with E-state index in [-0.39, 0.29) is 0 Å². The maximum atomic E-state index is 10.3. The molecule has 0 N–H and O–H groups in total. The van der Waals surface area contributed by atoms with Crippen LogP contribution in [0.1, 0.15) is 20.8 Å². The fourth-order valence-corrected chi connectivity index (χ4v) is 0.320. The molecule has 57 valence electrons. The lowest BCUT2D eigenvalue weighted by Gasteiger charge is -2.16. The van der Waals surface area contributed by atoms with Crippen molar-refractivity contribution in [3.05, 3.63) is 0 Å². The van der Waals surface area contributed by atoms with Crippen LogP contribution in [0, 0.1) is 0 Å². The van der Waals surface area contributed by atoms with Gasteiger partial charge < -0.3 is 4.74 Å². The molecule has 0 atom stereocenters. The molecule has 0 heterocycles. The highest BCUT2D eigenvalue weighted by molar-refractivity contribution is 6.28. The number of rotatable bonds is 0. The molecule has 0 fully saturated rings. The number of carbonyl (C=O) groups is 2. The second-order valence-electron chi connectivity index (χ2n) is 2.79. The van der Waals surface area contributed by atoms with Crippen molar-refractivity contribution in [2.24, 2.45) is 0 Å². The Bertz CT molecular complexity index is 154. The number of esters is 1. The van der Waals surface area contributed by atoms with Gasteiger partial charge in [-0.2, -0.15) is 0 Å². The minimum absolute atomic E-state index is 0.767. The van der Waals surface area contributed by atoms with E-state index in [1.54, 1.807) is 20.8 Å². The zero-order valence-electron chi connectivity index (χ0n) is 6.13. The summed E-state index contributed by atoms with van der Waals surface area (Å²) in [6.45, 7) is 4.73. The summed E-state index contributed by atoms with van der Waals surface area (Å²) < 4.78 is 4.40. The molecule has 0 aromatic carbocycles. The predicted molar refractivity (Wildman–Crippen MR) is 31.5 cm³/mol. The number of hydrogen-bond acceptors (Lipinski definition) is 3. The molecule has 4 heteroatoms. The van der Waals surface area contributed by atoms with Crippen molar-refractivity contribution in [2.75, 3.05) is 0 Å². The molecule has 0 unspecified atom stereocenters. The van der Waals surface area contributed by atoms with Crippen LogP contribution in [0.2, 0.25) is 0 Å². The molecule has 0 rings (SSSR count). The Morgan fingerprint density at radius 3 is 1.70 bits per heavy atom. The van der Waals surface area contributed by atoms with E-state index >= 15 is 0 Å². The Balaban J connectivity index is 3.93. The van der Waals surface area contributed by atoms with Crippen LogP contribution in [0.5, 0.6) is 0 Å². The van der Waals surface area contributed by atoms with Crippen LogP contribution in [0.4, 0.5) is 0 Å². The lowest BCUT2D eigenvalue weighted by molar-refractivity contribution is -0.174. The summed E-state index contributed by atoms with van der Waals surface area (Å²) >= 11 is 0. The van der Waals surface area contributed by atoms with Crippen LogP contribution in [-0.2, 0) is 19.4 Å². The van der Waals surface area contributed by atoms with Gasteiger partial charge in [0.15, 0.2) is 0 Å². The molecule has 0 spiro atoms. The van der Waals surface area contributed by atoms with E-state index < -0.39 is 17.5 Å². The van der Waals surface area contributed by atoms with E-state index in [2.05, 4.69) is 4.74 Å². The van der Waals surface area contributed by atoms with E-state index in [9.17, 15) is 14.7 Å². The van der Waals surface area contributed by atoms with Crippen molar-refractivity contribution in [2.45, 2.75) is 26.4 Å². The lowest BCUT2D eigenvalue weighted by Crippen LogP contribution is -2.28. The van der Waals surface area contributed by atoms with Gasteiger partial charge in [0.25, 0.3) is 0 Å². The van der Waals surface area contributed by atoms with Crippen LogP contribution in [0.3, 0.4) is 0 Å². The minimum atomic E-state index is -1.81. The minimum Gasteiger partial charge on any atom is -0.451 e. The van der Waals surface area contributed by atoms with Gasteiger partial charge in [0.05, 0.1) is 0 Å². The first-order valence-corrected chi connectivity index (χ1v) is 2.77. The first-order chi connectivity index (χ1) is 4.33. The number of hydrogen-bond donors (Lipinski definition) is 0. The monoisotopic (exact) mass is 145 g/mol. The van der Waals surface area contributed by atoms with E-state index in [1.165, 1.54) is 0 Å². The molecule has 0 aromatic rings. The highest BCUT2D eigenvalue weighted by Gasteiger charge is 2.22. The Morgan fingerprint density at radius 1 is 1.20 bits per heavy atom. The van der Waals surface area contributed by atoms with Gasteiger partial charge in [0, 0.05) is 0 Å². The van der Waals surface area contributed by atoms with Crippen molar-refractivity contribution in [3.63, 3.8) is 0 Å². The summed E-state index contributed by atoms with van der Waals surface area (Å²) in [5.74, 6) is -3.14. The molecule has 0 aliphatic heterocycles. The first-order valence-electron chi connectivity index (χ1n) is 2.77. The maximum absolute atomic E-state index is 10.3. The molecular formula is C6H9O4. The molecule has 0 aliphatic carbocycles. The highest BCUT2D eigenvalue weighted by Crippen LogP contribution is 2.06. The van der Waals surface area contributed by atoms with Gasteiger partial charge in [-0.1, -0.05) is 0 Å². The number of carbonyl (C=O) groups excluding carboxylic acids is 2. The average Bonchev–Trinajstić information content (AvgIpc) is 1.60. The van der Waals surface area contributed by atoms with Gasteiger partial charge in [-0.15, -0.1) is 0 Å². The van der Waals surface area contributed by atoms with Crippen molar-refractivity contribution in [1.82, 2.24) is 0 Å². The third-order valence-corrected chi connectivity index (χ3v) is 0.566. The van der Waals surface area contributed by atoms with Crippen molar-refractivity contribution in [3.8, 4) is 0 Å². The Labute approximate surface area is 58.8 Å². The van der Waals surface area contributed by atoms with Gasteiger partial charge in [0.1, 0.15) is 5.60 Å². The lowest BCUT2D eigenvalue weighted by atomic mass is 10.2. The van der Waals surface area contributed by atoms with Crippen molar-refractivity contribution >= 4 is 11.9 Å². The summed E-state index contributed by atoms with van der Waals surface area (Å²) in [6.07, 6.45) is 0. The van der Waals surface area contributed by atoms with E-state index in [0.29, 0.717) is 0 Å². The molecule has 0 saturated heterocycles. The van der Waals surface area contributed by atoms with Crippen LogP contribution in [-0.4, -0.2) is 17.5 Å². The predicted octanol–water partition coefficient (Wildman–Crippen LogP) is 0.285.